The van der Waals surface area contributed by atoms with E-state index in [1.165, 1.54) is 20.2 Å². The summed E-state index contributed by atoms with van der Waals surface area (Å²) in [6.07, 6.45) is 1.30. The standard InChI is InChI=1S/C25H19ClN2O6/c1-27-22(29)19(23(30)28(2)25(27)32)13-18-11-12-21(34-18)15-7-9-16(10-8-15)24(31)33-14-17-5-3-4-6-20(17)26/h3-13H,14H2,1-2H3. The van der Waals surface area contributed by atoms with Crippen LogP contribution in [-0.2, 0) is 20.9 Å². The van der Waals surface area contributed by atoms with E-state index in [2.05, 4.69) is 0 Å². The molecule has 34 heavy (non-hydrogen) atoms. The van der Waals surface area contributed by atoms with Crippen LogP contribution in [0.15, 0.2) is 70.7 Å². The van der Waals surface area contributed by atoms with Crippen LogP contribution in [-0.4, -0.2) is 47.7 Å². The molecule has 1 aliphatic rings. The Kier molecular flexibility index (Phi) is 6.34. The molecule has 0 unspecified atom stereocenters. The van der Waals surface area contributed by atoms with Gasteiger partial charge in [-0.05, 0) is 36.4 Å². The van der Waals surface area contributed by atoms with Gasteiger partial charge in [0.2, 0.25) is 0 Å². The van der Waals surface area contributed by atoms with Crippen molar-refractivity contribution in [2.75, 3.05) is 14.1 Å². The predicted octanol–water partition coefficient (Wildman–Crippen LogP) is 4.39. The van der Waals surface area contributed by atoms with Crippen LogP contribution < -0.4 is 0 Å². The molecule has 2 heterocycles. The molecule has 0 atom stereocenters. The zero-order chi connectivity index (χ0) is 24.4. The van der Waals surface area contributed by atoms with Crippen LogP contribution >= 0.6 is 11.6 Å². The molecule has 8 nitrogen and oxygen atoms in total. The molecule has 4 amide bonds. The van der Waals surface area contributed by atoms with Crippen LogP contribution in [0.5, 0.6) is 0 Å². The number of nitrogens with zero attached hydrogens (tertiary/aromatic N) is 2. The van der Waals surface area contributed by atoms with Gasteiger partial charge in [0.05, 0.1) is 5.56 Å². The van der Waals surface area contributed by atoms with Crippen molar-refractivity contribution in [1.82, 2.24) is 9.80 Å². The lowest BCUT2D eigenvalue weighted by Crippen LogP contribution is -2.52. The average molecular weight is 479 g/mol. The molecule has 1 aromatic heterocycles. The molecule has 1 aliphatic heterocycles. The van der Waals surface area contributed by atoms with Crippen molar-refractivity contribution in [2.24, 2.45) is 0 Å². The van der Waals surface area contributed by atoms with Crippen molar-refractivity contribution < 1.29 is 28.3 Å². The number of hydrogen-bond acceptors (Lipinski definition) is 6. The van der Waals surface area contributed by atoms with E-state index in [0.29, 0.717) is 27.5 Å². The quantitative estimate of drug-likeness (QED) is 0.306. The second-order valence-corrected chi connectivity index (χ2v) is 7.92. The van der Waals surface area contributed by atoms with Gasteiger partial charge in [-0.2, -0.15) is 0 Å². The van der Waals surface area contributed by atoms with E-state index >= 15 is 0 Å². The molecule has 9 heteroatoms. The number of furan rings is 1. The fourth-order valence-electron chi connectivity index (χ4n) is 3.32. The Labute approximate surface area is 200 Å². The number of benzene rings is 2. The highest BCUT2D eigenvalue weighted by atomic mass is 35.5. The Hall–Kier alpha value is -4.17. The van der Waals surface area contributed by atoms with Crippen LogP contribution in [0.1, 0.15) is 21.7 Å². The number of halogens is 1. The van der Waals surface area contributed by atoms with Gasteiger partial charge in [0.1, 0.15) is 23.7 Å². The number of barbiturate groups is 1. The molecule has 1 saturated heterocycles. The minimum atomic E-state index is -0.703. The maximum absolute atomic E-state index is 12.3. The summed E-state index contributed by atoms with van der Waals surface area (Å²) < 4.78 is 11.1. The van der Waals surface area contributed by atoms with Crippen molar-refractivity contribution in [1.29, 1.82) is 0 Å². The predicted molar refractivity (Wildman–Crippen MR) is 124 cm³/mol. The number of esters is 1. The molecule has 0 saturated carbocycles. The SMILES string of the molecule is CN1C(=O)C(=Cc2ccc(-c3ccc(C(=O)OCc4ccccc4Cl)cc3)o2)C(=O)N(C)C1=O. The van der Waals surface area contributed by atoms with Crippen molar-refractivity contribution in [3.63, 3.8) is 0 Å². The second-order valence-electron chi connectivity index (χ2n) is 7.52. The van der Waals surface area contributed by atoms with E-state index < -0.39 is 23.8 Å². The van der Waals surface area contributed by atoms with Gasteiger partial charge in [0, 0.05) is 30.2 Å². The topological polar surface area (TPSA) is 97.1 Å². The zero-order valence-corrected chi connectivity index (χ0v) is 19.0. The third-order valence-electron chi connectivity index (χ3n) is 5.28. The number of carbonyl (C=O) groups is 4. The van der Waals surface area contributed by atoms with E-state index in [0.717, 1.165) is 9.80 Å². The number of amides is 4. The number of rotatable bonds is 5. The number of likely N-dealkylation sites (N-methyl/N-ethyl adjacent to an activating group) is 2. The largest absolute Gasteiger partial charge is 0.457 e. The lowest BCUT2D eigenvalue weighted by Gasteiger charge is -2.28. The first-order valence-electron chi connectivity index (χ1n) is 10.2. The van der Waals surface area contributed by atoms with Crippen LogP contribution in [0.3, 0.4) is 0 Å². The lowest BCUT2D eigenvalue weighted by atomic mass is 10.1. The number of imide groups is 2. The minimum Gasteiger partial charge on any atom is -0.457 e. The van der Waals surface area contributed by atoms with Gasteiger partial charge in [-0.1, -0.05) is 41.9 Å². The highest BCUT2D eigenvalue weighted by Crippen LogP contribution is 2.26. The fraction of sp³-hybridized carbons (Fsp3) is 0.120. The molecule has 0 spiro atoms. The molecular weight excluding hydrogens is 460 g/mol. The number of ether oxygens (including phenoxy) is 1. The zero-order valence-electron chi connectivity index (χ0n) is 18.3. The molecule has 3 aromatic rings. The van der Waals surface area contributed by atoms with Crippen molar-refractivity contribution in [3.8, 4) is 11.3 Å². The van der Waals surface area contributed by atoms with Crippen molar-refractivity contribution in [3.05, 3.63) is 88.1 Å². The molecule has 0 bridgehead atoms. The van der Waals surface area contributed by atoms with E-state index in [9.17, 15) is 19.2 Å². The van der Waals surface area contributed by atoms with Crippen molar-refractivity contribution in [2.45, 2.75) is 6.61 Å². The smallest absolute Gasteiger partial charge is 0.338 e. The number of hydrogen-bond donors (Lipinski definition) is 0. The first-order chi connectivity index (χ1) is 16.3. The van der Waals surface area contributed by atoms with Gasteiger partial charge in [0.15, 0.2) is 0 Å². The fourth-order valence-corrected chi connectivity index (χ4v) is 3.51. The Balaban J connectivity index is 1.47. The Morgan fingerprint density at radius 3 is 2.24 bits per heavy atom. The highest BCUT2D eigenvalue weighted by Gasteiger charge is 2.38. The second kappa shape index (κ2) is 9.36. The van der Waals surface area contributed by atoms with Gasteiger partial charge in [-0.15, -0.1) is 0 Å². The lowest BCUT2D eigenvalue weighted by molar-refractivity contribution is -0.134. The summed E-state index contributed by atoms with van der Waals surface area (Å²) in [5, 5.41) is 0.524. The van der Waals surface area contributed by atoms with E-state index in [-0.39, 0.29) is 17.9 Å². The summed E-state index contributed by atoms with van der Waals surface area (Å²) in [5.41, 5.74) is 1.57. The first-order valence-corrected chi connectivity index (χ1v) is 10.6. The monoisotopic (exact) mass is 478 g/mol. The summed E-state index contributed by atoms with van der Waals surface area (Å²) in [6.45, 7) is 0.0594. The molecule has 0 N–H and O–H groups in total. The maximum atomic E-state index is 12.3. The summed E-state index contributed by atoms with van der Waals surface area (Å²) in [6, 6.07) is 16.3. The molecule has 0 radical (unpaired) electrons. The van der Waals surface area contributed by atoms with Gasteiger partial charge in [-0.25, -0.2) is 9.59 Å². The van der Waals surface area contributed by atoms with Crippen LogP contribution in [0.4, 0.5) is 4.79 Å². The third-order valence-corrected chi connectivity index (χ3v) is 5.65. The van der Waals surface area contributed by atoms with Crippen LogP contribution in [0.25, 0.3) is 17.4 Å². The van der Waals surface area contributed by atoms with Gasteiger partial charge >= 0.3 is 12.0 Å². The van der Waals surface area contributed by atoms with E-state index in [4.69, 9.17) is 20.8 Å². The molecule has 172 valence electrons. The molecular formula is C25H19ClN2O6. The average Bonchev–Trinajstić information content (AvgIpc) is 3.32. The van der Waals surface area contributed by atoms with Gasteiger partial charge in [-0.3, -0.25) is 19.4 Å². The van der Waals surface area contributed by atoms with Crippen LogP contribution in [0, 0.1) is 0 Å². The first kappa shape index (κ1) is 23.0. The summed E-state index contributed by atoms with van der Waals surface area (Å²) in [5.74, 6) is -1.16. The molecule has 4 rings (SSSR count). The summed E-state index contributed by atoms with van der Waals surface area (Å²) >= 11 is 6.08. The number of carbonyl (C=O) groups excluding carboxylic acids is 4. The minimum absolute atomic E-state index is 0.0594. The third kappa shape index (κ3) is 4.49. The maximum Gasteiger partial charge on any atom is 0.338 e. The Morgan fingerprint density at radius 1 is 0.941 bits per heavy atom. The highest BCUT2D eigenvalue weighted by molar-refractivity contribution is 6.31. The Morgan fingerprint density at radius 2 is 1.59 bits per heavy atom. The summed E-state index contributed by atoms with van der Waals surface area (Å²) in [7, 11) is 2.60. The van der Waals surface area contributed by atoms with Crippen LogP contribution in [0.2, 0.25) is 5.02 Å². The Bertz CT molecular complexity index is 1300. The van der Waals surface area contributed by atoms with E-state index in [1.54, 1.807) is 54.6 Å². The molecule has 2 aromatic carbocycles. The van der Waals surface area contributed by atoms with Gasteiger partial charge < -0.3 is 9.15 Å². The van der Waals surface area contributed by atoms with Crippen molar-refractivity contribution >= 4 is 41.5 Å². The molecule has 0 aliphatic carbocycles. The van der Waals surface area contributed by atoms with Gasteiger partial charge in [0.25, 0.3) is 11.8 Å². The number of urea groups is 1. The summed E-state index contributed by atoms with van der Waals surface area (Å²) in [4.78, 5) is 50.6. The van der Waals surface area contributed by atoms with E-state index in [1.807, 2.05) is 6.07 Å². The normalized spacial score (nSPS) is 14.0. The molecule has 1 fully saturated rings.